The van der Waals surface area contributed by atoms with Gasteiger partial charge in [-0.3, -0.25) is 9.59 Å². The fourth-order valence-corrected chi connectivity index (χ4v) is 3.27. The van der Waals surface area contributed by atoms with Gasteiger partial charge in [0.05, 0.1) is 14.2 Å². The number of rotatable bonds is 8. The lowest BCUT2D eigenvalue weighted by Gasteiger charge is -2.21. The molecule has 1 fully saturated rings. The Morgan fingerprint density at radius 3 is 2.46 bits per heavy atom. The van der Waals surface area contributed by atoms with E-state index < -0.39 is 6.10 Å². The van der Waals surface area contributed by atoms with Crippen LogP contribution < -0.4 is 14.8 Å². The van der Waals surface area contributed by atoms with Gasteiger partial charge in [-0.15, -0.1) is 0 Å². The van der Waals surface area contributed by atoms with E-state index >= 15 is 0 Å². The molecule has 1 unspecified atom stereocenters. The van der Waals surface area contributed by atoms with E-state index in [-0.39, 0.29) is 11.9 Å². The van der Waals surface area contributed by atoms with Crippen LogP contribution in [0.5, 0.6) is 11.5 Å². The normalized spacial score (nSPS) is 15.8. The van der Waals surface area contributed by atoms with E-state index in [1.54, 1.807) is 32.2 Å². The van der Waals surface area contributed by atoms with Crippen molar-refractivity contribution in [1.29, 1.82) is 0 Å². The van der Waals surface area contributed by atoms with Crippen LogP contribution in [0.2, 0.25) is 0 Å². The fraction of sp³-hybridized carbons (Fsp3) is 0.600. The number of ether oxygens (including phenoxy) is 3. The lowest BCUT2D eigenvalue weighted by atomic mass is 9.86. The van der Waals surface area contributed by atoms with Crippen LogP contribution in [0.15, 0.2) is 18.2 Å². The summed E-state index contributed by atoms with van der Waals surface area (Å²) in [6, 6.07) is 5.07. The third-order valence-corrected chi connectivity index (χ3v) is 4.81. The Hall–Kier alpha value is -2.24. The Morgan fingerprint density at radius 2 is 1.81 bits per heavy atom. The van der Waals surface area contributed by atoms with Crippen LogP contribution >= 0.6 is 0 Å². The molecule has 1 aromatic rings. The number of anilines is 1. The topological polar surface area (TPSA) is 73.9 Å². The molecule has 1 amide bonds. The van der Waals surface area contributed by atoms with E-state index in [1.807, 2.05) is 0 Å². The van der Waals surface area contributed by atoms with Crippen LogP contribution in [-0.4, -0.2) is 32.2 Å². The summed E-state index contributed by atoms with van der Waals surface area (Å²) in [5.74, 6) is 1.02. The van der Waals surface area contributed by atoms with Crippen molar-refractivity contribution in [3.05, 3.63) is 18.2 Å². The van der Waals surface area contributed by atoms with Gasteiger partial charge in [-0.1, -0.05) is 32.1 Å². The zero-order valence-corrected chi connectivity index (χ0v) is 15.9. The molecule has 1 aliphatic rings. The summed E-state index contributed by atoms with van der Waals surface area (Å²) >= 11 is 0. The molecule has 0 saturated heterocycles. The van der Waals surface area contributed by atoms with Gasteiger partial charge in [0.15, 0.2) is 17.6 Å². The highest BCUT2D eigenvalue weighted by atomic mass is 16.5. The Morgan fingerprint density at radius 1 is 1.12 bits per heavy atom. The molecule has 26 heavy (non-hydrogen) atoms. The van der Waals surface area contributed by atoms with Gasteiger partial charge in [-0.2, -0.15) is 0 Å². The van der Waals surface area contributed by atoms with Crippen molar-refractivity contribution in [3.8, 4) is 11.5 Å². The highest BCUT2D eigenvalue weighted by molar-refractivity contribution is 5.95. The largest absolute Gasteiger partial charge is 0.493 e. The maximum atomic E-state index is 12.2. The number of carbonyl (C=O) groups is 2. The second kappa shape index (κ2) is 10.0. The monoisotopic (exact) mass is 363 g/mol. The van der Waals surface area contributed by atoms with Gasteiger partial charge in [-0.25, -0.2) is 0 Å². The zero-order chi connectivity index (χ0) is 18.9. The van der Waals surface area contributed by atoms with Crippen molar-refractivity contribution >= 4 is 17.6 Å². The SMILES string of the molecule is COc1ccc(NC(=O)C(C)OC(=O)CCC2CCCCC2)cc1OC. The molecule has 144 valence electrons. The minimum atomic E-state index is -0.845. The van der Waals surface area contributed by atoms with Crippen LogP contribution in [0, 0.1) is 5.92 Å². The predicted molar refractivity (Wildman–Crippen MR) is 99.5 cm³/mol. The minimum Gasteiger partial charge on any atom is -0.493 e. The maximum absolute atomic E-state index is 12.2. The van der Waals surface area contributed by atoms with Crippen molar-refractivity contribution in [3.63, 3.8) is 0 Å². The van der Waals surface area contributed by atoms with Crippen molar-refractivity contribution in [2.24, 2.45) is 5.92 Å². The number of carbonyl (C=O) groups excluding carboxylic acids is 2. The van der Waals surface area contributed by atoms with Crippen LogP contribution in [0.25, 0.3) is 0 Å². The molecule has 0 aliphatic heterocycles. The zero-order valence-electron chi connectivity index (χ0n) is 15.9. The fourth-order valence-electron chi connectivity index (χ4n) is 3.27. The molecule has 0 aromatic heterocycles. The van der Waals surface area contributed by atoms with Crippen LogP contribution in [0.4, 0.5) is 5.69 Å². The van der Waals surface area contributed by atoms with E-state index in [1.165, 1.54) is 39.2 Å². The first-order chi connectivity index (χ1) is 12.5. The summed E-state index contributed by atoms with van der Waals surface area (Å²) in [4.78, 5) is 24.2. The highest BCUT2D eigenvalue weighted by Crippen LogP contribution is 2.30. The molecule has 0 bridgehead atoms. The van der Waals surface area contributed by atoms with Gasteiger partial charge in [-0.05, 0) is 31.4 Å². The Balaban J connectivity index is 1.80. The molecule has 6 nitrogen and oxygen atoms in total. The van der Waals surface area contributed by atoms with E-state index in [0.717, 1.165) is 6.42 Å². The minimum absolute atomic E-state index is 0.314. The Bertz CT molecular complexity index is 610. The summed E-state index contributed by atoms with van der Waals surface area (Å²) in [7, 11) is 3.07. The molecule has 1 N–H and O–H groups in total. The maximum Gasteiger partial charge on any atom is 0.306 e. The summed E-state index contributed by atoms with van der Waals surface area (Å²) in [5, 5.41) is 2.73. The van der Waals surface area contributed by atoms with Gasteiger partial charge < -0.3 is 19.5 Å². The van der Waals surface area contributed by atoms with E-state index in [2.05, 4.69) is 5.32 Å². The second-order valence-electron chi connectivity index (χ2n) is 6.73. The van der Waals surface area contributed by atoms with Crippen molar-refractivity contribution < 1.29 is 23.8 Å². The third kappa shape index (κ3) is 5.93. The van der Waals surface area contributed by atoms with Gasteiger partial charge in [0.25, 0.3) is 5.91 Å². The number of methoxy groups -OCH3 is 2. The van der Waals surface area contributed by atoms with Crippen LogP contribution in [0.1, 0.15) is 51.9 Å². The first-order valence-corrected chi connectivity index (χ1v) is 9.26. The van der Waals surface area contributed by atoms with Gasteiger partial charge in [0, 0.05) is 18.2 Å². The van der Waals surface area contributed by atoms with Gasteiger partial charge in [0.2, 0.25) is 0 Å². The van der Waals surface area contributed by atoms with E-state index in [4.69, 9.17) is 14.2 Å². The number of benzene rings is 1. The Kier molecular flexibility index (Phi) is 7.75. The van der Waals surface area contributed by atoms with Crippen molar-refractivity contribution in [2.45, 2.75) is 58.0 Å². The molecular weight excluding hydrogens is 334 g/mol. The van der Waals surface area contributed by atoms with Crippen molar-refractivity contribution in [2.75, 3.05) is 19.5 Å². The number of hydrogen-bond donors (Lipinski definition) is 1. The molecule has 2 rings (SSSR count). The Labute approximate surface area is 155 Å². The molecule has 0 heterocycles. The summed E-state index contributed by atoms with van der Waals surface area (Å²) in [5.41, 5.74) is 0.553. The van der Waals surface area contributed by atoms with E-state index in [0.29, 0.717) is 29.5 Å². The lowest BCUT2D eigenvalue weighted by Crippen LogP contribution is -2.30. The quantitative estimate of drug-likeness (QED) is 0.708. The number of esters is 1. The number of amides is 1. The van der Waals surface area contributed by atoms with Crippen LogP contribution in [0.3, 0.4) is 0 Å². The number of nitrogens with one attached hydrogen (secondary N) is 1. The summed E-state index contributed by atoms with van der Waals surface area (Å²) in [6.45, 7) is 1.58. The molecular formula is C20H29NO5. The van der Waals surface area contributed by atoms with Gasteiger partial charge in [0.1, 0.15) is 0 Å². The first-order valence-electron chi connectivity index (χ1n) is 9.26. The average molecular weight is 363 g/mol. The summed E-state index contributed by atoms with van der Waals surface area (Å²) < 4.78 is 15.6. The molecule has 1 atom stereocenters. The molecule has 6 heteroatoms. The molecule has 0 radical (unpaired) electrons. The summed E-state index contributed by atoms with van der Waals surface area (Å²) in [6.07, 6.45) is 6.58. The molecule has 0 spiro atoms. The molecule has 1 saturated carbocycles. The third-order valence-electron chi connectivity index (χ3n) is 4.81. The lowest BCUT2D eigenvalue weighted by molar-refractivity contribution is -0.153. The standard InChI is InChI=1S/C20H29NO5/c1-14(26-19(22)12-9-15-7-5-4-6-8-15)20(23)21-16-10-11-17(24-2)18(13-16)25-3/h10-11,13-15H,4-9,12H2,1-3H3,(H,21,23). The molecule has 1 aromatic carbocycles. The highest BCUT2D eigenvalue weighted by Gasteiger charge is 2.20. The average Bonchev–Trinajstić information content (AvgIpc) is 2.67. The first kappa shape index (κ1) is 20.1. The molecule has 1 aliphatic carbocycles. The van der Waals surface area contributed by atoms with Gasteiger partial charge >= 0.3 is 5.97 Å². The van der Waals surface area contributed by atoms with E-state index in [9.17, 15) is 9.59 Å². The second-order valence-corrected chi connectivity index (χ2v) is 6.73. The smallest absolute Gasteiger partial charge is 0.306 e. The number of hydrogen-bond acceptors (Lipinski definition) is 5. The van der Waals surface area contributed by atoms with Crippen molar-refractivity contribution in [1.82, 2.24) is 0 Å². The van der Waals surface area contributed by atoms with Crippen LogP contribution in [-0.2, 0) is 14.3 Å². The predicted octanol–water partition coefficient (Wildman–Crippen LogP) is 3.93.